The lowest BCUT2D eigenvalue weighted by Crippen LogP contribution is -2.42. The third-order valence-corrected chi connectivity index (χ3v) is 7.10. The van der Waals surface area contributed by atoms with Crippen LogP contribution in [0.15, 0.2) is 36.5 Å². The van der Waals surface area contributed by atoms with Crippen molar-refractivity contribution in [3.63, 3.8) is 0 Å². The van der Waals surface area contributed by atoms with Gasteiger partial charge >= 0.3 is 11.6 Å². The molecule has 1 amide bonds. The number of benzene rings is 1. The SMILES string of the molecule is Cc1cccc(C(=O)Nc2cc3cn([C@H]4CC[C@@](O)(CC#N)CC4)nc3cc2OCC2CC2)[n+]1O. The fraction of sp³-hybridized carbons (Fsp3) is 0.462. The lowest BCUT2D eigenvalue weighted by atomic mass is 9.80. The highest BCUT2D eigenvalue weighted by Crippen LogP contribution is 2.38. The van der Waals surface area contributed by atoms with E-state index in [9.17, 15) is 15.1 Å². The Morgan fingerprint density at radius 3 is 2.80 bits per heavy atom. The third-order valence-electron chi connectivity index (χ3n) is 7.10. The highest BCUT2D eigenvalue weighted by Gasteiger charge is 2.34. The Kier molecular flexibility index (Phi) is 6.07. The first-order valence-electron chi connectivity index (χ1n) is 12.1. The van der Waals surface area contributed by atoms with E-state index >= 15 is 0 Å². The Morgan fingerprint density at radius 1 is 1.31 bits per heavy atom. The topological polar surface area (TPSA) is 124 Å². The summed E-state index contributed by atoms with van der Waals surface area (Å²) in [4.78, 5) is 13.0. The molecule has 2 aliphatic rings. The summed E-state index contributed by atoms with van der Waals surface area (Å²) in [6.45, 7) is 2.30. The van der Waals surface area contributed by atoms with Crippen LogP contribution in [0.3, 0.4) is 0 Å². The molecular formula is C26H30N5O4+. The number of carbonyl (C=O) groups is 1. The van der Waals surface area contributed by atoms with Gasteiger partial charge in [0.25, 0.3) is 0 Å². The van der Waals surface area contributed by atoms with Crippen molar-refractivity contribution in [2.24, 2.45) is 5.92 Å². The number of rotatable bonds is 7. The molecule has 2 saturated carbocycles. The van der Waals surface area contributed by atoms with Gasteiger partial charge in [-0.25, -0.2) is 0 Å². The van der Waals surface area contributed by atoms with Gasteiger partial charge in [-0.1, -0.05) is 0 Å². The van der Waals surface area contributed by atoms with Gasteiger partial charge in [-0.3, -0.25) is 14.7 Å². The van der Waals surface area contributed by atoms with Crippen LogP contribution in [0.25, 0.3) is 10.9 Å². The van der Waals surface area contributed by atoms with E-state index in [1.165, 1.54) is 0 Å². The maximum absolute atomic E-state index is 13.0. The maximum Gasteiger partial charge on any atom is 0.325 e. The number of aryl methyl sites for hydroxylation is 1. The summed E-state index contributed by atoms with van der Waals surface area (Å²) in [5.41, 5.74) is 1.06. The molecule has 9 heteroatoms. The third kappa shape index (κ3) is 4.93. The molecule has 0 atom stereocenters. The van der Waals surface area contributed by atoms with Crippen LogP contribution >= 0.6 is 0 Å². The molecule has 3 aromatic rings. The predicted octanol–water partition coefficient (Wildman–Crippen LogP) is 3.67. The number of nitrogens with zero attached hydrogens (tertiary/aromatic N) is 4. The summed E-state index contributed by atoms with van der Waals surface area (Å²) >= 11 is 0. The normalized spacial score (nSPS) is 22.0. The average Bonchev–Trinajstić information content (AvgIpc) is 3.57. The van der Waals surface area contributed by atoms with Gasteiger partial charge in [0, 0.05) is 41.4 Å². The Labute approximate surface area is 203 Å². The van der Waals surface area contributed by atoms with Crippen molar-refractivity contribution in [3.8, 4) is 11.8 Å². The van der Waals surface area contributed by atoms with Crippen LogP contribution in [0.5, 0.6) is 5.75 Å². The molecule has 0 aliphatic heterocycles. The molecule has 2 heterocycles. The first kappa shape index (κ1) is 23.1. The van der Waals surface area contributed by atoms with E-state index in [-0.39, 0.29) is 18.2 Å². The molecule has 2 aliphatic carbocycles. The van der Waals surface area contributed by atoms with E-state index in [1.54, 1.807) is 25.1 Å². The number of ether oxygens (including phenoxy) is 1. The molecule has 0 bridgehead atoms. The van der Waals surface area contributed by atoms with E-state index in [0.717, 1.165) is 41.3 Å². The molecular weight excluding hydrogens is 446 g/mol. The van der Waals surface area contributed by atoms with Crippen LogP contribution in [-0.4, -0.2) is 38.2 Å². The molecule has 3 N–H and O–H groups in total. The van der Waals surface area contributed by atoms with E-state index in [0.29, 0.717) is 42.5 Å². The van der Waals surface area contributed by atoms with Gasteiger partial charge in [0.2, 0.25) is 5.69 Å². The molecule has 0 radical (unpaired) electrons. The number of aliphatic hydroxyl groups is 1. The lowest BCUT2D eigenvalue weighted by molar-refractivity contribution is -0.909. The number of pyridine rings is 1. The van der Waals surface area contributed by atoms with E-state index in [1.807, 2.05) is 23.0 Å². The number of nitriles is 1. The Balaban J connectivity index is 1.41. The number of carbonyl (C=O) groups excluding carboxylic acids is 1. The summed E-state index contributed by atoms with van der Waals surface area (Å²) < 4.78 is 8.87. The van der Waals surface area contributed by atoms with Crippen molar-refractivity contribution in [3.05, 3.63) is 47.9 Å². The van der Waals surface area contributed by atoms with Crippen molar-refractivity contribution >= 4 is 22.5 Å². The van der Waals surface area contributed by atoms with Crippen molar-refractivity contribution in [1.82, 2.24) is 9.78 Å². The van der Waals surface area contributed by atoms with Crippen LogP contribution in [0.2, 0.25) is 0 Å². The summed E-state index contributed by atoms with van der Waals surface area (Å²) in [5, 5.41) is 38.3. The number of amides is 1. The molecule has 5 rings (SSSR count). The largest absolute Gasteiger partial charge is 0.491 e. The van der Waals surface area contributed by atoms with Crippen molar-refractivity contribution in [1.29, 1.82) is 5.26 Å². The van der Waals surface area contributed by atoms with E-state index in [2.05, 4.69) is 11.4 Å². The second-order valence-corrected chi connectivity index (χ2v) is 9.88. The van der Waals surface area contributed by atoms with Crippen LogP contribution < -0.4 is 14.8 Å². The molecule has 0 spiro atoms. The monoisotopic (exact) mass is 476 g/mol. The van der Waals surface area contributed by atoms with Gasteiger partial charge in [-0.2, -0.15) is 10.4 Å². The Bertz CT molecular complexity index is 1300. The second kappa shape index (κ2) is 9.19. The van der Waals surface area contributed by atoms with Crippen molar-refractivity contribution < 1.29 is 24.6 Å². The minimum absolute atomic E-state index is 0.126. The number of anilines is 1. The van der Waals surface area contributed by atoms with Crippen LogP contribution in [0.4, 0.5) is 5.69 Å². The summed E-state index contributed by atoms with van der Waals surface area (Å²) in [6, 6.07) is 10.9. The van der Waals surface area contributed by atoms with Crippen molar-refractivity contribution in [2.45, 2.75) is 63.5 Å². The standard InChI is InChI=1S/C26H29N5O4/c1-17-3-2-4-23(31(17)34)25(32)28-22-13-19-15-30(20-7-9-26(33,10-8-20)11-12-27)29-21(19)14-24(22)35-16-18-5-6-18/h2-4,13-15,18,20,33H,5-11,16H2,1H3,(H-,28,32,34)/p+1/t20-,26-. The molecule has 2 fully saturated rings. The van der Waals surface area contributed by atoms with Crippen LogP contribution in [0, 0.1) is 24.2 Å². The summed E-state index contributed by atoms with van der Waals surface area (Å²) in [5.74, 6) is 0.646. The molecule has 9 nitrogen and oxygen atoms in total. The Morgan fingerprint density at radius 2 is 2.09 bits per heavy atom. The fourth-order valence-corrected chi connectivity index (χ4v) is 4.66. The average molecular weight is 477 g/mol. The zero-order valence-electron chi connectivity index (χ0n) is 19.8. The van der Waals surface area contributed by atoms with Gasteiger partial charge in [-0.05, 0) is 56.6 Å². The highest BCUT2D eigenvalue weighted by atomic mass is 16.5. The zero-order valence-corrected chi connectivity index (χ0v) is 19.8. The molecule has 2 aromatic heterocycles. The van der Waals surface area contributed by atoms with Crippen LogP contribution in [0.1, 0.15) is 67.2 Å². The van der Waals surface area contributed by atoms with Gasteiger partial charge in [-0.15, -0.1) is 0 Å². The molecule has 182 valence electrons. The van der Waals surface area contributed by atoms with Crippen LogP contribution in [-0.2, 0) is 0 Å². The maximum atomic E-state index is 13.0. The van der Waals surface area contributed by atoms with Gasteiger partial charge in [0.1, 0.15) is 5.75 Å². The minimum atomic E-state index is -0.904. The van der Waals surface area contributed by atoms with Gasteiger partial charge in [0.05, 0.1) is 41.9 Å². The molecule has 35 heavy (non-hydrogen) atoms. The number of aromatic nitrogens is 3. The summed E-state index contributed by atoms with van der Waals surface area (Å²) in [7, 11) is 0. The summed E-state index contributed by atoms with van der Waals surface area (Å²) in [6.07, 6.45) is 7.01. The number of fused-ring (bicyclic) bond motifs is 1. The smallest absolute Gasteiger partial charge is 0.325 e. The predicted molar refractivity (Wildman–Crippen MR) is 127 cm³/mol. The molecule has 1 aromatic carbocycles. The number of hydrogen-bond acceptors (Lipinski definition) is 6. The molecule has 0 unspecified atom stereocenters. The number of nitrogens with one attached hydrogen (secondary N) is 1. The first-order chi connectivity index (χ1) is 16.8. The van der Waals surface area contributed by atoms with Crippen molar-refractivity contribution in [2.75, 3.05) is 11.9 Å². The second-order valence-electron chi connectivity index (χ2n) is 9.88. The fourth-order valence-electron chi connectivity index (χ4n) is 4.66. The minimum Gasteiger partial charge on any atom is -0.491 e. The van der Waals surface area contributed by atoms with Gasteiger partial charge in [0.15, 0.2) is 0 Å². The Hall–Kier alpha value is -3.64. The zero-order chi connectivity index (χ0) is 24.6. The highest BCUT2D eigenvalue weighted by molar-refractivity contribution is 6.04. The molecule has 0 saturated heterocycles. The first-order valence-corrected chi connectivity index (χ1v) is 12.1. The number of hydrogen-bond donors (Lipinski definition) is 3. The lowest BCUT2D eigenvalue weighted by Gasteiger charge is -2.34. The van der Waals surface area contributed by atoms with E-state index < -0.39 is 11.5 Å². The van der Waals surface area contributed by atoms with E-state index in [4.69, 9.17) is 15.1 Å². The van der Waals surface area contributed by atoms with Gasteiger partial charge < -0.3 is 15.2 Å². The quantitative estimate of drug-likeness (QED) is 0.353.